The zero-order chi connectivity index (χ0) is 18.4. The molecule has 0 aromatic rings. The van der Waals surface area contributed by atoms with Crippen molar-refractivity contribution in [3.63, 3.8) is 0 Å². The molecule has 3 atom stereocenters. The number of hydrogen-bond acceptors (Lipinski definition) is 3. The molecule has 1 heterocycles. The van der Waals surface area contributed by atoms with Gasteiger partial charge in [-0.15, -0.1) is 0 Å². The fourth-order valence-electron chi connectivity index (χ4n) is 5.98. The zero-order valence-electron chi connectivity index (χ0n) is 16.7. The molecular formula is C23H33NO2. The van der Waals surface area contributed by atoms with Crippen LogP contribution in [0.15, 0.2) is 23.8 Å². The summed E-state index contributed by atoms with van der Waals surface area (Å²) in [6, 6.07) is 0. The van der Waals surface area contributed by atoms with Gasteiger partial charge in [0.1, 0.15) is 0 Å². The second-order valence-corrected chi connectivity index (χ2v) is 9.12. The number of allylic oxidation sites excluding steroid dienone is 2. The van der Waals surface area contributed by atoms with Gasteiger partial charge in [-0.05, 0) is 75.1 Å². The van der Waals surface area contributed by atoms with Crippen LogP contribution in [0.5, 0.6) is 0 Å². The summed E-state index contributed by atoms with van der Waals surface area (Å²) in [6.07, 6.45) is 10.5. The lowest BCUT2D eigenvalue weighted by Gasteiger charge is -2.58. The molecule has 1 spiro atoms. The highest BCUT2D eigenvalue weighted by atomic mass is 16.7. The number of nitrogens with zero attached hydrogens (tertiary/aromatic N) is 1. The molecule has 2 unspecified atom stereocenters. The first-order valence-corrected chi connectivity index (χ1v) is 10.3. The maximum absolute atomic E-state index is 6.07. The van der Waals surface area contributed by atoms with E-state index in [1.807, 2.05) is 0 Å². The van der Waals surface area contributed by atoms with Crippen LogP contribution in [0.1, 0.15) is 51.9 Å². The Bertz CT molecular complexity index is 676. The molecule has 0 radical (unpaired) electrons. The number of fused-ring (bicyclic) bond motifs is 3. The van der Waals surface area contributed by atoms with Gasteiger partial charge < -0.3 is 9.47 Å². The van der Waals surface area contributed by atoms with Gasteiger partial charge in [-0.25, -0.2) is 0 Å². The van der Waals surface area contributed by atoms with Crippen LogP contribution < -0.4 is 0 Å². The van der Waals surface area contributed by atoms with Gasteiger partial charge in [0.05, 0.1) is 25.2 Å². The van der Waals surface area contributed by atoms with E-state index in [0.717, 1.165) is 32.2 Å². The summed E-state index contributed by atoms with van der Waals surface area (Å²) in [5, 5.41) is 0. The SMILES string of the molecule is C=C1C2CCC3(C#CCN(C)C)CCCC=C3[C@@]2(C)CCC12OCCO2. The molecule has 3 fully saturated rings. The van der Waals surface area contributed by atoms with Crippen molar-refractivity contribution in [2.24, 2.45) is 16.7 Å². The summed E-state index contributed by atoms with van der Waals surface area (Å²) >= 11 is 0. The van der Waals surface area contributed by atoms with Crippen LogP contribution in [0, 0.1) is 28.6 Å². The maximum atomic E-state index is 6.07. The van der Waals surface area contributed by atoms with Crippen molar-refractivity contribution in [2.45, 2.75) is 57.7 Å². The second-order valence-electron chi connectivity index (χ2n) is 9.12. The predicted molar refractivity (Wildman–Crippen MR) is 105 cm³/mol. The van der Waals surface area contributed by atoms with Crippen molar-refractivity contribution in [1.82, 2.24) is 4.90 Å². The van der Waals surface area contributed by atoms with Gasteiger partial charge in [0, 0.05) is 6.42 Å². The molecular weight excluding hydrogens is 322 g/mol. The Labute approximate surface area is 158 Å². The van der Waals surface area contributed by atoms with Crippen LogP contribution in [-0.2, 0) is 9.47 Å². The van der Waals surface area contributed by atoms with Crippen LogP contribution in [0.4, 0.5) is 0 Å². The van der Waals surface area contributed by atoms with E-state index in [1.165, 1.54) is 24.8 Å². The molecule has 0 aromatic carbocycles. The minimum Gasteiger partial charge on any atom is -0.344 e. The highest BCUT2D eigenvalue weighted by Gasteiger charge is 2.59. The number of ether oxygens (including phenoxy) is 2. The van der Waals surface area contributed by atoms with Crippen LogP contribution >= 0.6 is 0 Å². The fourth-order valence-corrected chi connectivity index (χ4v) is 5.98. The lowest BCUT2D eigenvalue weighted by atomic mass is 9.47. The number of hydrogen-bond donors (Lipinski definition) is 0. The largest absolute Gasteiger partial charge is 0.344 e. The van der Waals surface area contributed by atoms with E-state index in [9.17, 15) is 0 Å². The molecule has 0 amide bonds. The van der Waals surface area contributed by atoms with Crippen LogP contribution in [0.3, 0.4) is 0 Å². The second kappa shape index (κ2) is 6.51. The quantitative estimate of drug-likeness (QED) is 0.521. The topological polar surface area (TPSA) is 21.7 Å². The minimum absolute atomic E-state index is 0.0850. The van der Waals surface area contributed by atoms with Crippen molar-refractivity contribution < 1.29 is 9.47 Å². The van der Waals surface area contributed by atoms with E-state index in [0.29, 0.717) is 19.1 Å². The van der Waals surface area contributed by atoms with Gasteiger partial charge in [-0.1, -0.05) is 31.4 Å². The Morgan fingerprint density at radius 1 is 1.19 bits per heavy atom. The van der Waals surface area contributed by atoms with Crippen LogP contribution in [-0.4, -0.2) is 44.5 Å². The Balaban J connectivity index is 1.68. The van der Waals surface area contributed by atoms with E-state index in [2.05, 4.69) is 50.4 Å². The predicted octanol–water partition coefficient (Wildman–Crippen LogP) is 4.16. The summed E-state index contributed by atoms with van der Waals surface area (Å²) in [4.78, 5) is 2.16. The summed E-state index contributed by atoms with van der Waals surface area (Å²) in [6.45, 7) is 9.21. The third-order valence-corrected chi connectivity index (χ3v) is 7.28. The molecule has 3 nitrogen and oxygen atoms in total. The lowest BCUT2D eigenvalue weighted by Crippen LogP contribution is -2.53. The molecule has 26 heavy (non-hydrogen) atoms. The molecule has 4 aliphatic rings. The molecule has 0 aromatic heterocycles. The first-order chi connectivity index (χ1) is 12.4. The molecule has 4 rings (SSSR count). The Kier molecular flexibility index (Phi) is 4.58. The molecule has 3 heteroatoms. The standard InChI is InChI=1S/C23H33NO2/c1-18-19-9-12-22(11-7-15-24(3)4)10-6-5-8-20(22)21(19,2)13-14-23(18)25-16-17-26-23/h8,19H,1,5-6,9-10,12-17H2,2-4H3/t19?,21-,22?/m0/s1. The minimum atomic E-state index is -0.504. The molecule has 2 saturated carbocycles. The van der Waals surface area contributed by atoms with Crippen molar-refractivity contribution in [3.8, 4) is 11.8 Å². The van der Waals surface area contributed by atoms with Crippen LogP contribution in [0.25, 0.3) is 0 Å². The van der Waals surface area contributed by atoms with Gasteiger partial charge in [0.2, 0.25) is 0 Å². The lowest BCUT2D eigenvalue weighted by molar-refractivity contribution is -0.163. The summed E-state index contributed by atoms with van der Waals surface area (Å²) in [7, 11) is 4.18. The Morgan fingerprint density at radius 3 is 2.69 bits per heavy atom. The van der Waals surface area contributed by atoms with Gasteiger partial charge in [-0.2, -0.15) is 0 Å². The van der Waals surface area contributed by atoms with Gasteiger partial charge in [0.25, 0.3) is 0 Å². The van der Waals surface area contributed by atoms with E-state index >= 15 is 0 Å². The summed E-state index contributed by atoms with van der Waals surface area (Å²) in [5.41, 5.74) is 3.03. The third kappa shape index (κ3) is 2.70. The first kappa shape index (κ1) is 18.3. The van der Waals surface area contributed by atoms with E-state index in [1.54, 1.807) is 5.57 Å². The van der Waals surface area contributed by atoms with E-state index in [4.69, 9.17) is 9.47 Å². The van der Waals surface area contributed by atoms with Crippen LogP contribution in [0.2, 0.25) is 0 Å². The van der Waals surface area contributed by atoms with Gasteiger partial charge in [0.15, 0.2) is 5.79 Å². The highest BCUT2D eigenvalue weighted by molar-refractivity contribution is 5.41. The molecule has 1 saturated heterocycles. The van der Waals surface area contributed by atoms with E-state index in [-0.39, 0.29) is 10.8 Å². The molecule has 3 aliphatic carbocycles. The Morgan fingerprint density at radius 2 is 1.96 bits per heavy atom. The summed E-state index contributed by atoms with van der Waals surface area (Å²) < 4.78 is 12.1. The maximum Gasteiger partial charge on any atom is 0.190 e. The first-order valence-electron chi connectivity index (χ1n) is 10.3. The molecule has 142 valence electrons. The summed E-state index contributed by atoms with van der Waals surface area (Å²) in [5.74, 6) is 7.17. The highest BCUT2D eigenvalue weighted by Crippen LogP contribution is 2.65. The third-order valence-electron chi connectivity index (χ3n) is 7.28. The Hall–Kier alpha value is -1.08. The van der Waals surface area contributed by atoms with E-state index < -0.39 is 5.79 Å². The van der Waals surface area contributed by atoms with Gasteiger partial charge in [-0.3, -0.25) is 4.90 Å². The normalized spacial score (nSPS) is 38.4. The van der Waals surface area contributed by atoms with Crippen molar-refractivity contribution in [2.75, 3.05) is 33.9 Å². The van der Waals surface area contributed by atoms with Crippen molar-refractivity contribution >= 4 is 0 Å². The average Bonchev–Trinajstić information content (AvgIpc) is 3.09. The zero-order valence-corrected chi connectivity index (χ0v) is 16.7. The van der Waals surface area contributed by atoms with Crippen molar-refractivity contribution in [3.05, 3.63) is 23.8 Å². The monoisotopic (exact) mass is 355 g/mol. The average molecular weight is 356 g/mol. The van der Waals surface area contributed by atoms with Crippen molar-refractivity contribution in [1.29, 1.82) is 0 Å². The molecule has 0 bridgehead atoms. The molecule has 1 aliphatic heterocycles. The fraction of sp³-hybridized carbons (Fsp3) is 0.739. The number of rotatable bonds is 1. The molecule has 0 N–H and O–H groups in total. The van der Waals surface area contributed by atoms with Gasteiger partial charge >= 0.3 is 0 Å². The smallest absolute Gasteiger partial charge is 0.190 e.